The fourth-order valence-corrected chi connectivity index (χ4v) is 1.16. The highest BCUT2D eigenvalue weighted by Crippen LogP contribution is 2.12. The van der Waals surface area contributed by atoms with Crippen LogP contribution < -0.4 is 4.90 Å². The van der Waals surface area contributed by atoms with Crippen LogP contribution in [0.3, 0.4) is 0 Å². The van der Waals surface area contributed by atoms with E-state index in [1.165, 1.54) is 6.33 Å². The lowest BCUT2D eigenvalue weighted by molar-refractivity contribution is -0.141. The molecule has 0 spiro atoms. The second-order valence-electron chi connectivity index (χ2n) is 2.86. The number of carbonyl (C=O) groups excluding carboxylic acids is 1. The van der Waals surface area contributed by atoms with Crippen LogP contribution in [-0.2, 0) is 9.53 Å². The number of halogens is 1. The van der Waals surface area contributed by atoms with Crippen molar-refractivity contribution in [1.82, 2.24) is 9.97 Å². The third kappa shape index (κ3) is 3.71. The Labute approximate surface area is 93.0 Å². The van der Waals surface area contributed by atoms with Gasteiger partial charge in [-0.2, -0.15) is 0 Å². The van der Waals surface area contributed by atoms with E-state index in [9.17, 15) is 4.79 Å². The van der Waals surface area contributed by atoms with Gasteiger partial charge in [0.15, 0.2) is 0 Å². The van der Waals surface area contributed by atoms with Crippen molar-refractivity contribution in [2.75, 3.05) is 25.1 Å². The minimum absolute atomic E-state index is 0.140. The van der Waals surface area contributed by atoms with Crippen LogP contribution in [0.5, 0.6) is 0 Å². The Kier molecular flexibility index (Phi) is 4.30. The number of hydrogen-bond donors (Lipinski definition) is 0. The number of ether oxygens (including phenoxy) is 1. The van der Waals surface area contributed by atoms with Crippen molar-refractivity contribution in [3.63, 3.8) is 0 Å². The first-order valence-corrected chi connectivity index (χ1v) is 4.85. The second-order valence-corrected chi connectivity index (χ2v) is 3.25. The molecule has 1 rings (SSSR count). The molecule has 0 aliphatic rings. The van der Waals surface area contributed by atoms with Gasteiger partial charge < -0.3 is 9.64 Å². The predicted molar refractivity (Wildman–Crippen MR) is 56.9 cm³/mol. The number of hydrogen-bond acceptors (Lipinski definition) is 5. The Bertz CT molecular complexity index is 346. The maximum absolute atomic E-state index is 11.2. The monoisotopic (exact) mass is 229 g/mol. The maximum Gasteiger partial charge on any atom is 0.325 e. The summed E-state index contributed by atoms with van der Waals surface area (Å²) in [5.74, 6) is 0.290. The highest BCUT2D eigenvalue weighted by molar-refractivity contribution is 6.29. The molecule has 0 saturated carbocycles. The number of rotatable bonds is 4. The largest absolute Gasteiger partial charge is 0.465 e. The van der Waals surface area contributed by atoms with E-state index in [2.05, 4.69) is 9.97 Å². The molecule has 0 saturated heterocycles. The zero-order valence-electron chi connectivity index (χ0n) is 8.61. The van der Waals surface area contributed by atoms with Crippen molar-refractivity contribution in [2.24, 2.45) is 0 Å². The number of carbonyl (C=O) groups is 1. The molecule has 15 heavy (non-hydrogen) atoms. The van der Waals surface area contributed by atoms with Crippen molar-refractivity contribution in [3.8, 4) is 0 Å². The maximum atomic E-state index is 11.2. The molecule has 0 aromatic carbocycles. The van der Waals surface area contributed by atoms with Gasteiger partial charge in [-0.3, -0.25) is 4.79 Å². The van der Waals surface area contributed by atoms with Gasteiger partial charge in [-0.1, -0.05) is 11.6 Å². The molecule has 0 aliphatic heterocycles. The standard InChI is InChI=1S/C9H12ClN3O2/c1-3-15-9(14)5-13(2)8-4-7(10)11-6-12-8/h4,6H,3,5H2,1-2H3. The molecular weight excluding hydrogens is 218 g/mol. The zero-order chi connectivity index (χ0) is 11.3. The number of nitrogens with zero attached hydrogens (tertiary/aromatic N) is 3. The third-order valence-corrected chi connectivity index (χ3v) is 1.89. The van der Waals surface area contributed by atoms with Gasteiger partial charge in [0.2, 0.25) is 0 Å². The lowest BCUT2D eigenvalue weighted by Gasteiger charge is -2.16. The predicted octanol–water partition coefficient (Wildman–Crippen LogP) is 1.13. The van der Waals surface area contributed by atoms with Gasteiger partial charge >= 0.3 is 5.97 Å². The van der Waals surface area contributed by atoms with Crippen molar-refractivity contribution in [1.29, 1.82) is 0 Å². The lowest BCUT2D eigenvalue weighted by Crippen LogP contribution is -2.27. The summed E-state index contributed by atoms with van der Waals surface area (Å²) in [7, 11) is 1.73. The molecule has 0 aliphatic carbocycles. The first kappa shape index (κ1) is 11.7. The fraction of sp³-hybridized carbons (Fsp3) is 0.444. The van der Waals surface area contributed by atoms with E-state index in [4.69, 9.17) is 16.3 Å². The van der Waals surface area contributed by atoms with E-state index in [1.807, 2.05) is 0 Å². The Morgan fingerprint density at radius 1 is 1.60 bits per heavy atom. The molecule has 0 atom stereocenters. The van der Waals surface area contributed by atoms with Gasteiger partial charge in [0, 0.05) is 13.1 Å². The van der Waals surface area contributed by atoms with E-state index in [-0.39, 0.29) is 12.5 Å². The first-order valence-electron chi connectivity index (χ1n) is 4.47. The summed E-state index contributed by atoms with van der Waals surface area (Å²) >= 11 is 5.69. The van der Waals surface area contributed by atoms with Crippen molar-refractivity contribution < 1.29 is 9.53 Å². The minimum Gasteiger partial charge on any atom is -0.465 e. The molecule has 0 fully saturated rings. The summed E-state index contributed by atoms with van der Waals surface area (Å²) < 4.78 is 4.81. The molecule has 1 aromatic heterocycles. The minimum atomic E-state index is -0.297. The van der Waals surface area contributed by atoms with Crippen LogP contribution in [-0.4, -0.2) is 36.1 Å². The Balaban J connectivity index is 2.60. The van der Waals surface area contributed by atoms with Crippen molar-refractivity contribution >= 4 is 23.4 Å². The molecular formula is C9H12ClN3O2. The van der Waals surface area contributed by atoms with E-state index in [1.54, 1.807) is 24.9 Å². The van der Waals surface area contributed by atoms with Crippen LogP contribution in [0.1, 0.15) is 6.92 Å². The van der Waals surface area contributed by atoms with Gasteiger partial charge in [0.25, 0.3) is 0 Å². The molecule has 0 radical (unpaired) electrons. The zero-order valence-corrected chi connectivity index (χ0v) is 9.36. The molecule has 1 heterocycles. The van der Waals surface area contributed by atoms with Crippen LogP contribution in [0.15, 0.2) is 12.4 Å². The quantitative estimate of drug-likeness (QED) is 0.572. The van der Waals surface area contributed by atoms with Crippen LogP contribution >= 0.6 is 11.6 Å². The highest BCUT2D eigenvalue weighted by Gasteiger charge is 2.09. The molecule has 0 unspecified atom stereocenters. The molecule has 0 amide bonds. The molecule has 0 N–H and O–H groups in total. The summed E-state index contributed by atoms with van der Waals surface area (Å²) in [5.41, 5.74) is 0. The summed E-state index contributed by atoms with van der Waals surface area (Å²) in [6.07, 6.45) is 1.35. The van der Waals surface area contributed by atoms with E-state index >= 15 is 0 Å². The smallest absolute Gasteiger partial charge is 0.325 e. The fourth-order valence-electron chi connectivity index (χ4n) is 1.01. The van der Waals surface area contributed by atoms with Gasteiger partial charge in [0.05, 0.1) is 6.61 Å². The third-order valence-electron chi connectivity index (χ3n) is 1.68. The number of esters is 1. The summed E-state index contributed by atoms with van der Waals surface area (Å²) in [6, 6.07) is 1.58. The summed E-state index contributed by atoms with van der Waals surface area (Å²) in [4.78, 5) is 20.5. The average molecular weight is 230 g/mol. The van der Waals surface area contributed by atoms with Crippen molar-refractivity contribution in [3.05, 3.63) is 17.5 Å². The van der Waals surface area contributed by atoms with Crippen LogP contribution in [0, 0.1) is 0 Å². The topological polar surface area (TPSA) is 55.3 Å². The summed E-state index contributed by atoms with van der Waals surface area (Å²) in [6.45, 7) is 2.28. The number of aromatic nitrogens is 2. The Morgan fingerprint density at radius 2 is 2.33 bits per heavy atom. The second kappa shape index (κ2) is 5.50. The number of anilines is 1. The number of likely N-dealkylation sites (N-methyl/N-ethyl adjacent to an activating group) is 1. The first-order chi connectivity index (χ1) is 7.13. The van der Waals surface area contributed by atoms with Crippen molar-refractivity contribution in [2.45, 2.75) is 6.92 Å². The lowest BCUT2D eigenvalue weighted by atomic mass is 10.5. The van der Waals surface area contributed by atoms with E-state index in [0.29, 0.717) is 17.6 Å². The molecule has 1 aromatic rings. The molecule has 0 bridgehead atoms. The average Bonchev–Trinajstić information content (AvgIpc) is 2.18. The highest BCUT2D eigenvalue weighted by atomic mass is 35.5. The Hall–Kier alpha value is -1.36. The molecule has 6 heteroatoms. The van der Waals surface area contributed by atoms with Gasteiger partial charge in [0.1, 0.15) is 23.8 Å². The van der Waals surface area contributed by atoms with Crippen LogP contribution in [0.4, 0.5) is 5.82 Å². The van der Waals surface area contributed by atoms with E-state index in [0.717, 1.165) is 0 Å². The molecule has 5 nitrogen and oxygen atoms in total. The SMILES string of the molecule is CCOC(=O)CN(C)c1cc(Cl)ncn1. The van der Waals surface area contributed by atoms with Gasteiger partial charge in [-0.15, -0.1) is 0 Å². The normalized spacial score (nSPS) is 9.80. The van der Waals surface area contributed by atoms with Crippen LogP contribution in [0.2, 0.25) is 5.15 Å². The summed E-state index contributed by atoms with van der Waals surface area (Å²) in [5, 5.41) is 0.343. The van der Waals surface area contributed by atoms with Gasteiger partial charge in [-0.25, -0.2) is 9.97 Å². The van der Waals surface area contributed by atoms with E-state index < -0.39 is 0 Å². The van der Waals surface area contributed by atoms with Crippen LogP contribution in [0.25, 0.3) is 0 Å². The Morgan fingerprint density at radius 3 is 2.93 bits per heavy atom. The van der Waals surface area contributed by atoms with Gasteiger partial charge in [-0.05, 0) is 6.92 Å². The molecule has 82 valence electrons.